The second-order valence-electron chi connectivity index (χ2n) is 5.58. The van der Waals surface area contributed by atoms with E-state index < -0.39 is 0 Å². The van der Waals surface area contributed by atoms with Gasteiger partial charge in [-0.05, 0) is 49.9 Å². The van der Waals surface area contributed by atoms with E-state index in [0.29, 0.717) is 5.92 Å². The number of rotatable bonds is 6. The van der Waals surface area contributed by atoms with Crippen molar-refractivity contribution in [3.63, 3.8) is 0 Å². The van der Waals surface area contributed by atoms with Crippen LogP contribution in [0.15, 0.2) is 30.3 Å². The maximum atomic E-state index is 5.84. The molecule has 2 unspecified atom stereocenters. The summed E-state index contributed by atoms with van der Waals surface area (Å²) >= 11 is 0. The molecule has 0 saturated carbocycles. The predicted octanol–water partition coefficient (Wildman–Crippen LogP) is 2.37. The molecule has 1 aliphatic rings. The molecule has 1 aromatic rings. The second kappa shape index (κ2) is 7.51. The van der Waals surface area contributed by atoms with E-state index in [1.165, 1.54) is 13.0 Å². The molecule has 0 aliphatic carbocycles. The zero-order valence-electron chi connectivity index (χ0n) is 11.9. The largest absolute Gasteiger partial charge is 0.494 e. The van der Waals surface area contributed by atoms with E-state index in [2.05, 4.69) is 11.8 Å². The van der Waals surface area contributed by atoms with Gasteiger partial charge >= 0.3 is 0 Å². The van der Waals surface area contributed by atoms with E-state index in [9.17, 15) is 0 Å². The van der Waals surface area contributed by atoms with Gasteiger partial charge in [-0.25, -0.2) is 0 Å². The molecule has 1 fully saturated rings. The Labute approximate surface area is 116 Å². The number of piperidine rings is 1. The molecule has 0 aromatic heterocycles. The van der Waals surface area contributed by atoms with Crippen molar-refractivity contribution in [1.29, 1.82) is 0 Å². The average Bonchev–Trinajstić information content (AvgIpc) is 2.46. The molecule has 1 aliphatic heterocycles. The molecule has 3 heteroatoms. The van der Waals surface area contributed by atoms with Gasteiger partial charge in [-0.1, -0.05) is 25.1 Å². The number of hydrogen-bond donors (Lipinski definition) is 1. The van der Waals surface area contributed by atoms with Gasteiger partial charge in [0.2, 0.25) is 0 Å². The highest BCUT2D eigenvalue weighted by molar-refractivity contribution is 5.20. The lowest BCUT2D eigenvalue weighted by atomic mass is 9.87. The quantitative estimate of drug-likeness (QED) is 0.800. The Hall–Kier alpha value is -1.06. The van der Waals surface area contributed by atoms with E-state index in [1.807, 2.05) is 30.3 Å². The molecule has 106 valence electrons. The highest BCUT2D eigenvalue weighted by Gasteiger charge is 2.24. The van der Waals surface area contributed by atoms with Crippen LogP contribution in [0.5, 0.6) is 5.75 Å². The molecular formula is C16H26N2O. The first kappa shape index (κ1) is 14.4. The molecular weight excluding hydrogens is 236 g/mol. The van der Waals surface area contributed by atoms with Crippen molar-refractivity contribution in [3.8, 4) is 5.75 Å². The second-order valence-corrected chi connectivity index (χ2v) is 5.58. The molecule has 2 rings (SSSR count). The zero-order valence-corrected chi connectivity index (χ0v) is 11.9. The van der Waals surface area contributed by atoms with Crippen molar-refractivity contribution in [1.82, 2.24) is 4.90 Å². The number of ether oxygens (including phenoxy) is 1. The summed E-state index contributed by atoms with van der Waals surface area (Å²) in [6.07, 6.45) is 2.36. The summed E-state index contributed by atoms with van der Waals surface area (Å²) in [5.41, 5.74) is 5.84. The fraction of sp³-hybridized carbons (Fsp3) is 0.625. The lowest BCUT2D eigenvalue weighted by Crippen LogP contribution is -2.43. The standard InChI is InChI=1S/C16H26N2O/c1-14-8-10-18(13-15(14)12-17)9-5-11-19-16-6-3-2-4-7-16/h2-4,6-7,14-15H,5,8-13,17H2,1H3. The smallest absolute Gasteiger partial charge is 0.119 e. The summed E-state index contributed by atoms with van der Waals surface area (Å²) in [6, 6.07) is 10.0. The Bertz CT molecular complexity index is 355. The molecule has 1 aromatic carbocycles. The third-order valence-electron chi connectivity index (χ3n) is 4.13. The van der Waals surface area contributed by atoms with E-state index in [-0.39, 0.29) is 0 Å². The number of benzene rings is 1. The van der Waals surface area contributed by atoms with Crippen LogP contribution in [0.4, 0.5) is 0 Å². The Morgan fingerprint density at radius 2 is 2.11 bits per heavy atom. The maximum Gasteiger partial charge on any atom is 0.119 e. The molecule has 1 saturated heterocycles. The fourth-order valence-corrected chi connectivity index (χ4v) is 2.73. The van der Waals surface area contributed by atoms with Gasteiger partial charge in [0.05, 0.1) is 6.61 Å². The molecule has 3 nitrogen and oxygen atoms in total. The van der Waals surface area contributed by atoms with Crippen LogP contribution in [0.3, 0.4) is 0 Å². The van der Waals surface area contributed by atoms with Gasteiger partial charge in [0, 0.05) is 13.1 Å². The summed E-state index contributed by atoms with van der Waals surface area (Å²) in [7, 11) is 0. The van der Waals surface area contributed by atoms with Gasteiger partial charge in [0.25, 0.3) is 0 Å². The highest BCUT2D eigenvalue weighted by Crippen LogP contribution is 2.22. The Morgan fingerprint density at radius 1 is 1.32 bits per heavy atom. The number of nitrogens with two attached hydrogens (primary N) is 1. The third kappa shape index (κ3) is 4.51. The maximum absolute atomic E-state index is 5.84. The predicted molar refractivity (Wildman–Crippen MR) is 79.3 cm³/mol. The number of hydrogen-bond acceptors (Lipinski definition) is 3. The minimum absolute atomic E-state index is 0.670. The van der Waals surface area contributed by atoms with Gasteiger partial charge in [-0.15, -0.1) is 0 Å². The average molecular weight is 262 g/mol. The van der Waals surface area contributed by atoms with Crippen LogP contribution in [0.2, 0.25) is 0 Å². The van der Waals surface area contributed by atoms with Crippen molar-refractivity contribution >= 4 is 0 Å². The fourth-order valence-electron chi connectivity index (χ4n) is 2.73. The number of nitrogens with zero attached hydrogens (tertiary/aromatic N) is 1. The molecule has 0 bridgehead atoms. The summed E-state index contributed by atoms with van der Waals surface area (Å²) in [5, 5.41) is 0. The lowest BCUT2D eigenvalue weighted by molar-refractivity contribution is 0.125. The minimum Gasteiger partial charge on any atom is -0.494 e. The van der Waals surface area contributed by atoms with Gasteiger partial charge < -0.3 is 15.4 Å². The van der Waals surface area contributed by atoms with Crippen LogP contribution >= 0.6 is 0 Å². The zero-order chi connectivity index (χ0) is 13.5. The number of likely N-dealkylation sites (tertiary alicyclic amines) is 1. The molecule has 0 spiro atoms. The molecule has 2 N–H and O–H groups in total. The first-order valence-corrected chi connectivity index (χ1v) is 7.40. The Morgan fingerprint density at radius 3 is 2.84 bits per heavy atom. The summed E-state index contributed by atoms with van der Waals surface area (Å²) in [6.45, 7) is 7.43. The van der Waals surface area contributed by atoms with Crippen molar-refractivity contribution in [2.75, 3.05) is 32.8 Å². The topological polar surface area (TPSA) is 38.5 Å². The first-order valence-electron chi connectivity index (χ1n) is 7.40. The number of para-hydroxylation sites is 1. The van der Waals surface area contributed by atoms with Crippen molar-refractivity contribution in [2.45, 2.75) is 19.8 Å². The minimum atomic E-state index is 0.670. The van der Waals surface area contributed by atoms with E-state index in [4.69, 9.17) is 10.5 Å². The Balaban J connectivity index is 1.63. The van der Waals surface area contributed by atoms with E-state index in [1.54, 1.807) is 0 Å². The van der Waals surface area contributed by atoms with Crippen LogP contribution in [0.25, 0.3) is 0 Å². The van der Waals surface area contributed by atoms with E-state index in [0.717, 1.165) is 44.3 Å². The molecule has 19 heavy (non-hydrogen) atoms. The van der Waals surface area contributed by atoms with Crippen LogP contribution < -0.4 is 10.5 Å². The third-order valence-corrected chi connectivity index (χ3v) is 4.13. The van der Waals surface area contributed by atoms with Crippen molar-refractivity contribution < 1.29 is 4.74 Å². The highest BCUT2D eigenvalue weighted by atomic mass is 16.5. The van der Waals surface area contributed by atoms with Crippen LogP contribution in [-0.4, -0.2) is 37.7 Å². The van der Waals surface area contributed by atoms with Crippen LogP contribution in [-0.2, 0) is 0 Å². The molecule has 0 amide bonds. The Kier molecular flexibility index (Phi) is 5.67. The van der Waals surface area contributed by atoms with Gasteiger partial charge in [-0.3, -0.25) is 0 Å². The SMILES string of the molecule is CC1CCN(CCCOc2ccccc2)CC1CN. The molecule has 0 radical (unpaired) electrons. The normalized spacial score (nSPS) is 24.3. The van der Waals surface area contributed by atoms with Gasteiger partial charge in [-0.2, -0.15) is 0 Å². The van der Waals surface area contributed by atoms with Crippen LogP contribution in [0, 0.1) is 11.8 Å². The lowest BCUT2D eigenvalue weighted by Gasteiger charge is -2.36. The van der Waals surface area contributed by atoms with E-state index >= 15 is 0 Å². The first-order chi connectivity index (χ1) is 9.29. The monoisotopic (exact) mass is 262 g/mol. The summed E-state index contributed by atoms with van der Waals surface area (Å²) in [4.78, 5) is 2.53. The molecule has 2 atom stereocenters. The van der Waals surface area contributed by atoms with Crippen molar-refractivity contribution in [3.05, 3.63) is 30.3 Å². The summed E-state index contributed by atoms with van der Waals surface area (Å²) < 4.78 is 5.72. The summed E-state index contributed by atoms with van der Waals surface area (Å²) in [5.74, 6) is 2.42. The van der Waals surface area contributed by atoms with Gasteiger partial charge in [0.15, 0.2) is 0 Å². The molecule has 1 heterocycles. The van der Waals surface area contributed by atoms with Gasteiger partial charge in [0.1, 0.15) is 5.75 Å². The van der Waals surface area contributed by atoms with Crippen LogP contribution in [0.1, 0.15) is 19.8 Å². The van der Waals surface area contributed by atoms with Crippen molar-refractivity contribution in [2.24, 2.45) is 17.6 Å².